The zero-order valence-corrected chi connectivity index (χ0v) is 17.0. The van der Waals surface area contributed by atoms with Crippen molar-refractivity contribution in [3.05, 3.63) is 42.0 Å². The van der Waals surface area contributed by atoms with Gasteiger partial charge in [0.1, 0.15) is 12.1 Å². The Balaban J connectivity index is 1.41. The molecule has 8 nitrogen and oxygen atoms in total. The second-order valence-electron chi connectivity index (χ2n) is 6.96. The quantitative estimate of drug-likeness (QED) is 0.609. The van der Waals surface area contributed by atoms with E-state index in [4.69, 9.17) is 0 Å². The first kappa shape index (κ1) is 19.1. The number of carbonyl (C=O) groups is 3. The number of urea groups is 1. The van der Waals surface area contributed by atoms with Gasteiger partial charge in [0, 0.05) is 29.0 Å². The third kappa shape index (κ3) is 3.38. The molecule has 1 aliphatic heterocycles. The number of aromatic nitrogens is 2. The van der Waals surface area contributed by atoms with Gasteiger partial charge >= 0.3 is 6.03 Å². The van der Waals surface area contributed by atoms with E-state index in [9.17, 15) is 14.4 Å². The van der Waals surface area contributed by atoms with E-state index in [2.05, 4.69) is 15.6 Å². The number of fused-ring (bicyclic) bond motifs is 1. The number of amides is 4. The van der Waals surface area contributed by atoms with Gasteiger partial charge in [-0.15, -0.1) is 11.3 Å². The highest BCUT2D eigenvalue weighted by molar-refractivity contribution is 7.15. The molecule has 150 valence electrons. The highest BCUT2D eigenvalue weighted by Gasteiger charge is 2.49. The fourth-order valence-corrected chi connectivity index (χ4v) is 4.18. The van der Waals surface area contributed by atoms with E-state index in [1.165, 1.54) is 0 Å². The van der Waals surface area contributed by atoms with Crippen LogP contribution in [0.2, 0.25) is 0 Å². The molecular formula is C20H21N5O3S. The first-order valence-electron chi connectivity index (χ1n) is 9.42. The molecule has 2 aromatic heterocycles. The second kappa shape index (κ2) is 7.32. The van der Waals surface area contributed by atoms with Crippen molar-refractivity contribution in [2.75, 3.05) is 11.9 Å². The number of hydrogen-bond donors (Lipinski definition) is 2. The maximum Gasteiger partial charge on any atom is 0.325 e. The first-order chi connectivity index (χ1) is 14.0. The van der Waals surface area contributed by atoms with Gasteiger partial charge in [-0.3, -0.25) is 18.9 Å². The van der Waals surface area contributed by atoms with Crippen molar-refractivity contribution in [2.24, 2.45) is 0 Å². The molecule has 9 heteroatoms. The van der Waals surface area contributed by atoms with Crippen LogP contribution < -0.4 is 10.6 Å². The Kier molecular flexibility index (Phi) is 4.83. The Morgan fingerprint density at radius 1 is 1.21 bits per heavy atom. The van der Waals surface area contributed by atoms with E-state index < -0.39 is 17.5 Å². The predicted molar refractivity (Wildman–Crippen MR) is 111 cm³/mol. The Labute approximate surface area is 171 Å². The summed E-state index contributed by atoms with van der Waals surface area (Å²) in [6.07, 6.45) is 4.87. The molecule has 0 atom stereocenters. The lowest BCUT2D eigenvalue weighted by molar-refractivity contribution is -0.134. The summed E-state index contributed by atoms with van der Waals surface area (Å²) in [4.78, 5) is 43.6. The number of imidazole rings is 1. The van der Waals surface area contributed by atoms with Crippen LogP contribution in [0.1, 0.15) is 26.7 Å². The summed E-state index contributed by atoms with van der Waals surface area (Å²) in [6.45, 7) is 3.37. The third-order valence-electron chi connectivity index (χ3n) is 5.31. The average Bonchev–Trinajstić information content (AvgIpc) is 3.38. The summed E-state index contributed by atoms with van der Waals surface area (Å²) < 4.78 is 1.96. The molecule has 2 N–H and O–H groups in total. The van der Waals surface area contributed by atoms with Crippen molar-refractivity contribution < 1.29 is 14.4 Å². The van der Waals surface area contributed by atoms with Gasteiger partial charge in [0.15, 0.2) is 4.96 Å². The highest BCUT2D eigenvalue weighted by atomic mass is 32.1. The van der Waals surface area contributed by atoms with Crippen LogP contribution in [0, 0.1) is 0 Å². The smallest absolute Gasteiger partial charge is 0.325 e. The largest absolute Gasteiger partial charge is 0.325 e. The standard InChI is InChI=1S/C20H21N5O3S/c1-3-20(4-2)17(27)25(18(28)23-20)12-16(26)21-14-7-5-13(6-8-14)15-11-24-9-10-29-19(24)22-15/h5-11H,3-4,12H2,1-2H3,(H,21,26)(H,23,28). The molecule has 1 saturated heterocycles. The van der Waals surface area contributed by atoms with Gasteiger partial charge in [-0.1, -0.05) is 26.0 Å². The number of hydrogen-bond acceptors (Lipinski definition) is 5. The topological polar surface area (TPSA) is 95.8 Å². The molecule has 4 amide bonds. The molecule has 1 aliphatic rings. The second-order valence-corrected chi connectivity index (χ2v) is 7.83. The number of imide groups is 1. The van der Waals surface area contributed by atoms with Gasteiger partial charge in [-0.05, 0) is 25.0 Å². The van der Waals surface area contributed by atoms with Crippen LogP contribution in [0.25, 0.3) is 16.2 Å². The van der Waals surface area contributed by atoms with Crippen LogP contribution in [0.4, 0.5) is 10.5 Å². The van der Waals surface area contributed by atoms with E-state index in [-0.39, 0.29) is 12.5 Å². The van der Waals surface area contributed by atoms with Crippen LogP contribution in [0.3, 0.4) is 0 Å². The molecule has 3 aromatic rings. The first-order valence-corrected chi connectivity index (χ1v) is 10.3. The zero-order valence-electron chi connectivity index (χ0n) is 16.1. The van der Waals surface area contributed by atoms with E-state index >= 15 is 0 Å². The molecule has 0 spiro atoms. The summed E-state index contributed by atoms with van der Waals surface area (Å²) in [5.41, 5.74) is 1.47. The van der Waals surface area contributed by atoms with Gasteiger partial charge in [-0.2, -0.15) is 0 Å². The third-order valence-corrected chi connectivity index (χ3v) is 6.08. The maximum absolute atomic E-state index is 12.6. The molecule has 0 aliphatic carbocycles. The zero-order chi connectivity index (χ0) is 20.6. The normalized spacial score (nSPS) is 15.7. The monoisotopic (exact) mass is 411 g/mol. The van der Waals surface area contributed by atoms with Crippen molar-refractivity contribution in [3.63, 3.8) is 0 Å². The number of benzene rings is 1. The molecule has 29 heavy (non-hydrogen) atoms. The van der Waals surface area contributed by atoms with E-state index in [1.807, 2.05) is 48.2 Å². The van der Waals surface area contributed by atoms with Gasteiger partial charge in [0.2, 0.25) is 5.91 Å². The molecule has 0 radical (unpaired) electrons. The molecule has 4 rings (SSSR count). The van der Waals surface area contributed by atoms with Gasteiger partial charge in [-0.25, -0.2) is 9.78 Å². The number of anilines is 1. The van der Waals surface area contributed by atoms with Crippen LogP contribution >= 0.6 is 11.3 Å². The van der Waals surface area contributed by atoms with E-state index in [0.717, 1.165) is 21.1 Å². The molecular weight excluding hydrogens is 390 g/mol. The molecule has 0 unspecified atom stereocenters. The number of thiazole rings is 1. The van der Waals surface area contributed by atoms with Gasteiger partial charge in [0.25, 0.3) is 5.91 Å². The number of carbonyl (C=O) groups excluding carboxylic acids is 3. The van der Waals surface area contributed by atoms with Crippen molar-refractivity contribution in [3.8, 4) is 11.3 Å². The number of nitrogens with zero attached hydrogens (tertiary/aromatic N) is 3. The van der Waals surface area contributed by atoms with Crippen molar-refractivity contribution in [1.82, 2.24) is 19.6 Å². The van der Waals surface area contributed by atoms with E-state index in [1.54, 1.807) is 23.5 Å². The summed E-state index contributed by atoms with van der Waals surface area (Å²) >= 11 is 1.56. The van der Waals surface area contributed by atoms with Crippen LogP contribution in [0.15, 0.2) is 42.0 Å². The molecule has 3 heterocycles. The fourth-order valence-electron chi connectivity index (χ4n) is 3.48. The Morgan fingerprint density at radius 3 is 2.55 bits per heavy atom. The molecule has 1 fully saturated rings. The lowest BCUT2D eigenvalue weighted by Crippen LogP contribution is -2.46. The average molecular weight is 411 g/mol. The summed E-state index contributed by atoms with van der Waals surface area (Å²) in [7, 11) is 0. The minimum absolute atomic E-state index is 0.314. The SMILES string of the molecule is CCC1(CC)NC(=O)N(CC(=O)Nc2ccc(-c3cn4ccsc4n3)cc2)C1=O. The van der Waals surface area contributed by atoms with E-state index in [0.29, 0.717) is 18.5 Å². The summed E-state index contributed by atoms with van der Waals surface area (Å²) in [6, 6.07) is 6.76. The summed E-state index contributed by atoms with van der Waals surface area (Å²) in [5, 5.41) is 7.43. The van der Waals surface area contributed by atoms with Crippen LogP contribution in [0.5, 0.6) is 0 Å². The number of nitrogens with one attached hydrogen (secondary N) is 2. The van der Waals surface area contributed by atoms with Crippen molar-refractivity contribution >= 4 is 39.8 Å². The minimum atomic E-state index is -0.905. The van der Waals surface area contributed by atoms with Crippen LogP contribution in [-0.4, -0.2) is 44.2 Å². The maximum atomic E-state index is 12.6. The minimum Gasteiger partial charge on any atom is -0.325 e. The Hall–Kier alpha value is -3.20. The Bertz CT molecular complexity index is 1050. The van der Waals surface area contributed by atoms with Crippen molar-refractivity contribution in [1.29, 1.82) is 0 Å². The Morgan fingerprint density at radius 2 is 1.93 bits per heavy atom. The van der Waals surface area contributed by atoms with Crippen molar-refractivity contribution in [2.45, 2.75) is 32.2 Å². The fraction of sp³-hybridized carbons (Fsp3) is 0.300. The number of rotatable bonds is 6. The van der Waals surface area contributed by atoms with Gasteiger partial charge < -0.3 is 10.6 Å². The highest BCUT2D eigenvalue weighted by Crippen LogP contribution is 2.25. The van der Waals surface area contributed by atoms with Crippen LogP contribution in [-0.2, 0) is 9.59 Å². The summed E-state index contributed by atoms with van der Waals surface area (Å²) in [5.74, 6) is -0.774. The van der Waals surface area contributed by atoms with Gasteiger partial charge in [0.05, 0.1) is 5.69 Å². The molecule has 0 saturated carbocycles. The lowest BCUT2D eigenvalue weighted by atomic mass is 9.93. The predicted octanol–water partition coefficient (Wildman–Crippen LogP) is 3.11. The molecule has 0 bridgehead atoms. The molecule has 1 aromatic carbocycles. The lowest BCUT2D eigenvalue weighted by Gasteiger charge is -2.23.